The first-order chi connectivity index (χ1) is 11.7. The summed E-state index contributed by atoms with van der Waals surface area (Å²) < 4.78 is 39.2. The van der Waals surface area contributed by atoms with E-state index in [1.807, 2.05) is 0 Å². The standard InChI is InChI=1S/C17H20FN3O3S/c1-21(2)16-9-8-12(10-14(16)18)17(22)19-11-13-6-4-5-7-15(13)20-25(3,23)24/h4-10,20H,11H2,1-3H3,(H,19,22). The molecule has 0 saturated carbocycles. The maximum absolute atomic E-state index is 14.0. The molecule has 2 aromatic carbocycles. The number of halogens is 1. The van der Waals surface area contributed by atoms with E-state index in [0.717, 1.165) is 6.26 Å². The molecule has 0 spiro atoms. The van der Waals surface area contributed by atoms with E-state index in [-0.39, 0.29) is 12.1 Å². The number of sulfonamides is 1. The number of carbonyl (C=O) groups excluding carboxylic acids is 1. The van der Waals surface area contributed by atoms with Crippen LogP contribution in [0.5, 0.6) is 0 Å². The first-order valence-electron chi connectivity index (χ1n) is 7.48. The Kier molecular flexibility index (Phi) is 5.63. The maximum Gasteiger partial charge on any atom is 0.251 e. The molecule has 8 heteroatoms. The van der Waals surface area contributed by atoms with Gasteiger partial charge in [0.05, 0.1) is 17.6 Å². The Morgan fingerprint density at radius 1 is 1.16 bits per heavy atom. The van der Waals surface area contributed by atoms with Crippen molar-refractivity contribution in [3.63, 3.8) is 0 Å². The van der Waals surface area contributed by atoms with Gasteiger partial charge in [0, 0.05) is 26.2 Å². The van der Waals surface area contributed by atoms with Crippen LogP contribution in [0.4, 0.5) is 15.8 Å². The third kappa shape index (κ3) is 5.18. The summed E-state index contributed by atoms with van der Waals surface area (Å²) in [5.74, 6) is -0.935. The van der Waals surface area contributed by atoms with Crippen molar-refractivity contribution in [1.82, 2.24) is 5.32 Å². The molecule has 0 aromatic heterocycles. The van der Waals surface area contributed by atoms with E-state index in [2.05, 4.69) is 10.0 Å². The lowest BCUT2D eigenvalue weighted by Gasteiger charge is -2.14. The van der Waals surface area contributed by atoms with Crippen molar-refractivity contribution in [2.45, 2.75) is 6.54 Å². The SMILES string of the molecule is CN(C)c1ccc(C(=O)NCc2ccccc2NS(C)(=O)=O)cc1F. The number of rotatable bonds is 6. The molecule has 0 saturated heterocycles. The second-order valence-electron chi connectivity index (χ2n) is 5.77. The van der Waals surface area contributed by atoms with Gasteiger partial charge >= 0.3 is 0 Å². The number of amides is 1. The number of nitrogens with zero attached hydrogens (tertiary/aromatic N) is 1. The van der Waals surface area contributed by atoms with Gasteiger partial charge in [-0.25, -0.2) is 12.8 Å². The Balaban J connectivity index is 2.12. The molecular weight excluding hydrogens is 345 g/mol. The number of nitrogens with one attached hydrogen (secondary N) is 2. The van der Waals surface area contributed by atoms with Crippen molar-refractivity contribution >= 4 is 27.3 Å². The smallest absolute Gasteiger partial charge is 0.251 e. The Hall–Kier alpha value is -2.61. The van der Waals surface area contributed by atoms with E-state index in [9.17, 15) is 17.6 Å². The Morgan fingerprint density at radius 3 is 2.44 bits per heavy atom. The van der Waals surface area contributed by atoms with Gasteiger partial charge in [0.1, 0.15) is 5.82 Å². The molecule has 25 heavy (non-hydrogen) atoms. The van der Waals surface area contributed by atoms with Crippen molar-refractivity contribution in [3.05, 3.63) is 59.4 Å². The van der Waals surface area contributed by atoms with Gasteiger partial charge in [0.15, 0.2) is 0 Å². The minimum Gasteiger partial charge on any atom is -0.375 e. The van der Waals surface area contributed by atoms with Crippen LogP contribution in [-0.2, 0) is 16.6 Å². The lowest BCUT2D eigenvalue weighted by molar-refractivity contribution is 0.0950. The summed E-state index contributed by atoms with van der Waals surface area (Å²) in [5, 5.41) is 2.66. The van der Waals surface area contributed by atoms with Crippen molar-refractivity contribution in [2.75, 3.05) is 30.0 Å². The summed E-state index contributed by atoms with van der Waals surface area (Å²) in [4.78, 5) is 13.8. The first kappa shape index (κ1) is 18.7. The molecule has 2 aromatic rings. The minimum atomic E-state index is -3.43. The molecule has 0 aliphatic carbocycles. The Bertz CT molecular complexity index is 882. The van der Waals surface area contributed by atoms with Crippen molar-refractivity contribution in [3.8, 4) is 0 Å². The summed E-state index contributed by atoms with van der Waals surface area (Å²) in [6.45, 7) is 0.106. The summed E-state index contributed by atoms with van der Waals surface area (Å²) in [6, 6.07) is 11.0. The van der Waals surface area contributed by atoms with Crippen LogP contribution < -0.4 is 14.9 Å². The van der Waals surface area contributed by atoms with E-state index < -0.39 is 21.7 Å². The van der Waals surface area contributed by atoms with Gasteiger partial charge in [-0.05, 0) is 29.8 Å². The third-order valence-corrected chi connectivity index (χ3v) is 4.03. The molecule has 0 heterocycles. The van der Waals surface area contributed by atoms with Crippen LogP contribution in [-0.4, -0.2) is 34.7 Å². The molecule has 0 radical (unpaired) electrons. The van der Waals surface area contributed by atoms with Crippen LogP contribution >= 0.6 is 0 Å². The normalized spacial score (nSPS) is 11.0. The fourth-order valence-corrected chi connectivity index (χ4v) is 2.86. The van der Waals surface area contributed by atoms with Gasteiger partial charge in [0.25, 0.3) is 5.91 Å². The fourth-order valence-electron chi connectivity index (χ4n) is 2.26. The first-order valence-corrected chi connectivity index (χ1v) is 9.37. The van der Waals surface area contributed by atoms with Crippen LogP contribution in [0.15, 0.2) is 42.5 Å². The molecule has 0 aliphatic rings. The van der Waals surface area contributed by atoms with Crippen LogP contribution in [0.3, 0.4) is 0 Å². The molecule has 1 amide bonds. The number of para-hydroxylation sites is 1. The largest absolute Gasteiger partial charge is 0.375 e. The van der Waals surface area contributed by atoms with E-state index in [0.29, 0.717) is 16.9 Å². The summed E-state index contributed by atoms with van der Waals surface area (Å²) in [5.41, 5.74) is 1.57. The molecule has 0 aliphatic heterocycles. The predicted octanol–water partition coefficient (Wildman–Crippen LogP) is 2.19. The van der Waals surface area contributed by atoms with Crippen LogP contribution in [0.2, 0.25) is 0 Å². The van der Waals surface area contributed by atoms with Crippen molar-refractivity contribution < 1.29 is 17.6 Å². The highest BCUT2D eigenvalue weighted by Crippen LogP contribution is 2.19. The molecule has 0 bridgehead atoms. The predicted molar refractivity (Wildman–Crippen MR) is 96.8 cm³/mol. The van der Waals surface area contributed by atoms with E-state index >= 15 is 0 Å². The van der Waals surface area contributed by atoms with Gasteiger partial charge in [-0.2, -0.15) is 0 Å². The van der Waals surface area contributed by atoms with Gasteiger partial charge < -0.3 is 10.2 Å². The zero-order valence-electron chi connectivity index (χ0n) is 14.2. The molecule has 6 nitrogen and oxygen atoms in total. The van der Waals surface area contributed by atoms with Gasteiger partial charge in [-0.15, -0.1) is 0 Å². The second kappa shape index (κ2) is 7.52. The molecule has 0 fully saturated rings. The highest BCUT2D eigenvalue weighted by atomic mass is 32.2. The summed E-state index contributed by atoms with van der Waals surface area (Å²) in [7, 11) is -0.00155. The summed E-state index contributed by atoms with van der Waals surface area (Å²) >= 11 is 0. The fraction of sp³-hybridized carbons (Fsp3) is 0.235. The maximum atomic E-state index is 14.0. The number of anilines is 2. The molecule has 2 N–H and O–H groups in total. The topological polar surface area (TPSA) is 78.5 Å². The number of hydrogen-bond acceptors (Lipinski definition) is 4. The second-order valence-corrected chi connectivity index (χ2v) is 7.52. The highest BCUT2D eigenvalue weighted by molar-refractivity contribution is 7.92. The van der Waals surface area contributed by atoms with Gasteiger partial charge in [-0.3, -0.25) is 9.52 Å². The Morgan fingerprint density at radius 2 is 1.84 bits per heavy atom. The zero-order valence-corrected chi connectivity index (χ0v) is 15.0. The van der Waals surface area contributed by atoms with E-state index in [4.69, 9.17) is 0 Å². The minimum absolute atomic E-state index is 0.106. The van der Waals surface area contributed by atoms with Gasteiger partial charge in [0.2, 0.25) is 10.0 Å². The molecule has 0 unspecified atom stereocenters. The lowest BCUT2D eigenvalue weighted by atomic mass is 10.1. The monoisotopic (exact) mass is 365 g/mol. The van der Waals surface area contributed by atoms with Crippen molar-refractivity contribution in [1.29, 1.82) is 0 Å². The Labute approximate surface area is 146 Å². The molecule has 0 atom stereocenters. The van der Waals surface area contributed by atoms with Crippen molar-refractivity contribution in [2.24, 2.45) is 0 Å². The molecule has 2 rings (SSSR count). The van der Waals surface area contributed by atoms with Gasteiger partial charge in [-0.1, -0.05) is 18.2 Å². The quantitative estimate of drug-likeness (QED) is 0.823. The van der Waals surface area contributed by atoms with E-state index in [1.54, 1.807) is 43.3 Å². The number of hydrogen-bond donors (Lipinski definition) is 2. The summed E-state index contributed by atoms with van der Waals surface area (Å²) in [6.07, 6.45) is 1.05. The van der Waals surface area contributed by atoms with Crippen LogP contribution in [0, 0.1) is 5.82 Å². The highest BCUT2D eigenvalue weighted by Gasteiger charge is 2.12. The molecule has 134 valence electrons. The van der Waals surface area contributed by atoms with Crippen LogP contribution in [0.1, 0.15) is 15.9 Å². The van der Waals surface area contributed by atoms with E-state index in [1.165, 1.54) is 18.2 Å². The van der Waals surface area contributed by atoms with Crippen LogP contribution in [0.25, 0.3) is 0 Å². The lowest BCUT2D eigenvalue weighted by Crippen LogP contribution is -2.24. The third-order valence-electron chi connectivity index (χ3n) is 3.44. The number of benzene rings is 2. The average molecular weight is 365 g/mol. The number of carbonyl (C=O) groups is 1. The average Bonchev–Trinajstić information content (AvgIpc) is 2.51. The molecular formula is C17H20FN3O3S. The zero-order chi connectivity index (χ0) is 18.6.